The van der Waals surface area contributed by atoms with E-state index in [1.165, 1.54) is 12.5 Å². The number of benzene rings is 1. The summed E-state index contributed by atoms with van der Waals surface area (Å²) in [5, 5.41) is 2.80. The van der Waals surface area contributed by atoms with Gasteiger partial charge in [-0.15, -0.1) is 0 Å². The van der Waals surface area contributed by atoms with Crippen LogP contribution in [0.1, 0.15) is 37.7 Å². The largest absolute Gasteiger partial charge is 0.382 e. The molecule has 0 saturated heterocycles. The number of aryl methyl sites for hydroxylation is 1. The molecule has 1 fully saturated rings. The summed E-state index contributed by atoms with van der Waals surface area (Å²) >= 11 is 0. The Hall–Kier alpha value is -3.78. The molecule has 58 heavy (non-hydrogen) atoms. The number of fused-ring (bicyclic) bond motifs is 1. The fourth-order valence-electron chi connectivity index (χ4n) is 6.31. The van der Waals surface area contributed by atoms with E-state index in [0.717, 1.165) is 36.8 Å². The van der Waals surface area contributed by atoms with Gasteiger partial charge in [0.2, 0.25) is 5.91 Å². The van der Waals surface area contributed by atoms with Gasteiger partial charge in [0.05, 0.1) is 112 Å². The van der Waals surface area contributed by atoms with Crippen molar-refractivity contribution in [3.8, 4) is 11.4 Å². The Morgan fingerprint density at radius 2 is 1.21 bits per heavy atom. The quantitative estimate of drug-likeness (QED) is 0.0693. The Bertz CT molecular complexity index is 1720. The molecule has 3 aromatic rings. The first-order valence-corrected chi connectivity index (χ1v) is 20.3. The molecular formula is C41H63N5O12. The number of nitrogens with zero attached hydrogens (tertiary/aromatic N) is 3. The van der Waals surface area contributed by atoms with Crippen molar-refractivity contribution in [1.82, 2.24) is 24.4 Å². The standard InChI is InChI=1S/C41H63N5O12/c1-45-37-39(46(41(49)44-40(37)48)32-34-6-4-3-5-7-34)43-38(45)35-11-8-33(9-12-35)10-13-36(47)42-14-15-51-18-19-53-22-23-55-26-27-57-30-31-58-29-28-56-25-24-54-21-20-52-17-16-50-2/h8-13,34H,3-7,14-32H2,1-2H3,(H,42,47)(H,44,48,49)/b13-10+. The summed E-state index contributed by atoms with van der Waals surface area (Å²) in [6.45, 7) is 9.18. The number of aromatic amines is 1. The Morgan fingerprint density at radius 1 is 0.724 bits per heavy atom. The van der Waals surface area contributed by atoms with Gasteiger partial charge in [0, 0.05) is 38.9 Å². The molecule has 1 saturated carbocycles. The molecule has 1 aliphatic rings. The molecule has 0 spiro atoms. The molecule has 0 radical (unpaired) electrons. The van der Waals surface area contributed by atoms with Gasteiger partial charge < -0.3 is 52.5 Å². The van der Waals surface area contributed by atoms with E-state index in [-0.39, 0.29) is 5.91 Å². The fraction of sp³-hybridized carbons (Fsp3) is 0.659. The van der Waals surface area contributed by atoms with E-state index in [1.807, 2.05) is 24.3 Å². The number of hydrogen-bond acceptors (Lipinski definition) is 13. The first kappa shape index (κ1) is 46.9. The number of carbonyl (C=O) groups excluding carboxylic acids is 1. The Morgan fingerprint density at radius 3 is 1.71 bits per heavy atom. The summed E-state index contributed by atoms with van der Waals surface area (Å²) in [5.41, 5.74) is 1.53. The third-order valence-electron chi connectivity index (χ3n) is 9.36. The van der Waals surface area contributed by atoms with Crippen LogP contribution in [0.5, 0.6) is 0 Å². The van der Waals surface area contributed by atoms with Gasteiger partial charge in [0.15, 0.2) is 11.2 Å². The third kappa shape index (κ3) is 17.6. The number of carbonyl (C=O) groups is 1. The maximum absolute atomic E-state index is 12.8. The molecular weight excluding hydrogens is 754 g/mol. The number of methoxy groups -OCH3 is 1. The Labute approximate surface area is 340 Å². The fourth-order valence-corrected chi connectivity index (χ4v) is 6.31. The smallest absolute Gasteiger partial charge is 0.330 e. The van der Waals surface area contributed by atoms with Crippen molar-refractivity contribution in [2.75, 3.05) is 126 Å². The van der Waals surface area contributed by atoms with Crippen LogP contribution in [0, 0.1) is 5.92 Å². The summed E-state index contributed by atoms with van der Waals surface area (Å²) in [6.07, 6.45) is 8.88. The first-order valence-electron chi connectivity index (χ1n) is 20.3. The third-order valence-corrected chi connectivity index (χ3v) is 9.36. The molecule has 17 nitrogen and oxygen atoms in total. The number of amides is 1. The lowest BCUT2D eigenvalue weighted by Crippen LogP contribution is -2.33. The van der Waals surface area contributed by atoms with Crippen molar-refractivity contribution >= 4 is 23.1 Å². The molecule has 17 heteroatoms. The van der Waals surface area contributed by atoms with E-state index in [2.05, 4.69) is 10.3 Å². The SMILES string of the molecule is COCCOCCOCCOCCOCCOCCOCCOCCOCCNC(=O)/C=C/c1ccc(-c2nc3c(c(=O)[nH]c(=O)n3CC3CCCCC3)n2C)cc1. The van der Waals surface area contributed by atoms with Crippen molar-refractivity contribution in [1.29, 1.82) is 0 Å². The highest BCUT2D eigenvalue weighted by Crippen LogP contribution is 2.27. The van der Waals surface area contributed by atoms with Gasteiger partial charge in [0.25, 0.3) is 5.56 Å². The lowest BCUT2D eigenvalue weighted by molar-refractivity contribution is -0.116. The molecule has 2 heterocycles. The molecule has 1 aliphatic carbocycles. The molecule has 1 amide bonds. The molecule has 0 atom stereocenters. The second-order valence-electron chi connectivity index (χ2n) is 13.7. The van der Waals surface area contributed by atoms with Gasteiger partial charge in [-0.05, 0) is 30.4 Å². The minimum atomic E-state index is -0.447. The van der Waals surface area contributed by atoms with E-state index in [9.17, 15) is 14.4 Å². The van der Waals surface area contributed by atoms with Gasteiger partial charge >= 0.3 is 5.69 Å². The zero-order chi connectivity index (χ0) is 41.0. The van der Waals surface area contributed by atoms with Crippen molar-refractivity contribution in [3.05, 3.63) is 56.7 Å². The summed E-state index contributed by atoms with van der Waals surface area (Å²) in [7, 11) is 3.42. The van der Waals surface area contributed by atoms with Crippen LogP contribution in [-0.2, 0) is 61.0 Å². The van der Waals surface area contributed by atoms with Crippen LogP contribution >= 0.6 is 0 Å². The molecule has 0 aliphatic heterocycles. The maximum atomic E-state index is 12.8. The number of rotatable bonds is 32. The van der Waals surface area contributed by atoms with Crippen molar-refractivity contribution in [2.45, 2.75) is 38.6 Å². The lowest BCUT2D eigenvalue weighted by atomic mass is 9.89. The monoisotopic (exact) mass is 817 g/mol. The van der Waals surface area contributed by atoms with Crippen LogP contribution in [0.4, 0.5) is 0 Å². The van der Waals surface area contributed by atoms with E-state index in [0.29, 0.717) is 148 Å². The van der Waals surface area contributed by atoms with Crippen molar-refractivity contribution in [3.63, 3.8) is 0 Å². The number of H-pyrrole nitrogens is 1. The summed E-state index contributed by atoms with van der Waals surface area (Å²) in [6, 6.07) is 7.52. The van der Waals surface area contributed by atoms with Gasteiger partial charge in [-0.2, -0.15) is 0 Å². The highest BCUT2D eigenvalue weighted by atomic mass is 16.6. The highest BCUT2D eigenvalue weighted by molar-refractivity contribution is 5.91. The summed E-state index contributed by atoms with van der Waals surface area (Å²) in [4.78, 5) is 45.2. The summed E-state index contributed by atoms with van der Waals surface area (Å²) in [5.74, 6) is 0.749. The number of imidazole rings is 1. The Kier molecular flexibility index (Phi) is 23.1. The molecule has 2 N–H and O–H groups in total. The average molecular weight is 818 g/mol. The average Bonchev–Trinajstić information content (AvgIpc) is 3.58. The summed E-state index contributed by atoms with van der Waals surface area (Å²) < 4.78 is 51.9. The second-order valence-corrected chi connectivity index (χ2v) is 13.7. The topological polar surface area (TPSA) is 185 Å². The normalized spacial score (nSPS) is 13.6. The molecule has 4 rings (SSSR count). The minimum absolute atomic E-state index is 0.234. The molecule has 1 aromatic carbocycles. The van der Waals surface area contributed by atoms with Crippen LogP contribution in [0.2, 0.25) is 0 Å². The number of nitrogens with one attached hydrogen (secondary N) is 2. The molecule has 2 aromatic heterocycles. The van der Waals surface area contributed by atoms with E-state index in [4.69, 9.17) is 47.6 Å². The number of aromatic nitrogens is 4. The van der Waals surface area contributed by atoms with Crippen molar-refractivity contribution in [2.24, 2.45) is 13.0 Å². The van der Waals surface area contributed by atoms with Gasteiger partial charge in [-0.3, -0.25) is 19.1 Å². The Balaban J connectivity index is 0.962. The van der Waals surface area contributed by atoms with Gasteiger partial charge in [0.1, 0.15) is 5.82 Å². The van der Waals surface area contributed by atoms with Crippen LogP contribution in [0.25, 0.3) is 28.6 Å². The zero-order valence-electron chi connectivity index (χ0n) is 34.3. The van der Waals surface area contributed by atoms with Crippen LogP contribution in [0.15, 0.2) is 39.9 Å². The predicted octanol–water partition coefficient (Wildman–Crippen LogP) is 2.58. The highest BCUT2D eigenvalue weighted by Gasteiger charge is 2.21. The molecule has 0 unspecified atom stereocenters. The predicted molar refractivity (Wildman–Crippen MR) is 218 cm³/mol. The number of hydrogen-bond donors (Lipinski definition) is 2. The lowest BCUT2D eigenvalue weighted by Gasteiger charge is -2.22. The molecule has 324 valence electrons. The van der Waals surface area contributed by atoms with E-state index >= 15 is 0 Å². The molecule has 0 bridgehead atoms. The second kappa shape index (κ2) is 28.6. The van der Waals surface area contributed by atoms with Crippen LogP contribution in [0.3, 0.4) is 0 Å². The van der Waals surface area contributed by atoms with Gasteiger partial charge in [-0.25, -0.2) is 9.78 Å². The van der Waals surface area contributed by atoms with E-state index < -0.39 is 11.2 Å². The van der Waals surface area contributed by atoms with Crippen LogP contribution in [-0.4, -0.2) is 151 Å². The first-order chi connectivity index (χ1) is 28.5. The minimum Gasteiger partial charge on any atom is -0.382 e. The van der Waals surface area contributed by atoms with Gasteiger partial charge in [-0.1, -0.05) is 43.5 Å². The maximum Gasteiger partial charge on any atom is 0.330 e. The van der Waals surface area contributed by atoms with E-state index in [1.54, 1.807) is 29.4 Å². The number of ether oxygens (including phenoxy) is 9. The van der Waals surface area contributed by atoms with Crippen molar-refractivity contribution < 1.29 is 47.4 Å². The zero-order valence-corrected chi connectivity index (χ0v) is 34.3. The van der Waals surface area contributed by atoms with Crippen LogP contribution < -0.4 is 16.6 Å².